The zero-order valence-electron chi connectivity index (χ0n) is 19.5. The van der Waals surface area contributed by atoms with Crippen LogP contribution in [0.4, 0.5) is 0 Å². The predicted octanol–water partition coefficient (Wildman–Crippen LogP) is 2.07. The molecule has 0 spiro atoms. The summed E-state index contributed by atoms with van der Waals surface area (Å²) in [5, 5.41) is 11.7. The Morgan fingerprint density at radius 3 is 2.54 bits per heavy atom. The molecule has 2 heterocycles. The molecular weight excluding hydrogens is 472 g/mol. The van der Waals surface area contributed by atoms with Gasteiger partial charge in [0.05, 0.1) is 29.3 Å². The van der Waals surface area contributed by atoms with Gasteiger partial charge in [0.25, 0.3) is 10.0 Å². The van der Waals surface area contributed by atoms with Gasteiger partial charge in [-0.05, 0) is 72.2 Å². The standard InChI is InChI=1S/C23H24N6O5S/c1-15-13-16(19-11-12-28(24-19)35(31,32)17-8-9-17)7-10-21(15)34-14-18-20(5-4-6-22(18)33-3)29-23(30)27(2)25-26-29/h4-7,10-13,17H,8-9,14H2,1-3H3. The summed E-state index contributed by atoms with van der Waals surface area (Å²) in [7, 11) is -0.340. The fraction of sp³-hybridized carbons (Fsp3) is 0.304. The van der Waals surface area contributed by atoms with Gasteiger partial charge in [-0.25, -0.2) is 13.2 Å². The molecule has 1 saturated carbocycles. The van der Waals surface area contributed by atoms with Gasteiger partial charge in [0.1, 0.15) is 18.1 Å². The Morgan fingerprint density at radius 2 is 1.89 bits per heavy atom. The van der Waals surface area contributed by atoms with Crippen molar-refractivity contribution in [2.45, 2.75) is 31.6 Å². The molecule has 1 aliphatic carbocycles. The van der Waals surface area contributed by atoms with Crippen LogP contribution in [0.5, 0.6) is 11.5 Å². The van der Waals surface area contributed by atoms with Crippen molar-refractivity contribution in [3.05, 3.63) is 70.3 Å². The van der Waals surface area contributed by atoms with Crippen molar-refractivity contribution in [1.29, 1.82) is 0 Å². The number of benzene rings is 2. The predicted molar refractivity (Wildman–Crippen MR) is 127 cm³/mol. The second-order valence-electron chi connectivity index (χ2n) is 8.34. The van der Waals surface area contributed by atoms with Crippen LogP contribution in [0.2, 0.25) is 0 Å². The van der Waals surface area contributed by atoms with Crippen LogP contribution >= 0.6 is 0 Å². The third kappa shape index (κ3) is 4.20. The number of ether oxygens (including phenoxy) is 2. The highest BCUT2D eigenvalue weighted by molar-refractivity contribution is 7.90. The van der Waals surface area contributed by atoms with Crippen LogP contribution in [0.3, 0.4) is 0 Å². The number of tetrazole rings is 1. The van der Waals surface area contributed by atoms with Gasteiger partial charge in [-0.15, -0.1) is 0 Å². The van der Waals surface area contributed by atoms with Crippen LogP contribution in [0.15, 0.2) is 53.5 Å². The third-order valence-electron chi connectivity index (χ3n) is 5.89. The van der Waals surface area contributed by atoms with E-state index in [0.717, 1.165) is 19.9 Å². The van der Waals surface area contributed by atoms with Crippen LogP contribution in [-0.4, -0.2) is 49.8 Å². The fourth-order valence-corrected chi connectivity index (χ4v) is 5.27. The first-order valence-electron chi connectivity index (χ1n) is 11.0. The van der Waals surface area contributed by atoms with Gasteiger partial charge in [-0.1, -0.05) is 6.07 Å². The monoisotopic (exact) mass is 496 g/mol. The van der Waals surface area contributed by atoms with Gasteiger partial charge >= 0.3 is 5.69 Å². The summed E-state index contributed by atoms with van der Waals surface area (Å²) in [4.78, 5) is 12.4. The smallest absolute Gasteiger partial charge is 0.368 e. The molecule has 11 nitrogen and oxygen atoms in total. The van der Waals surface area contributed by atoms with Crippen LogP contribution in [0.1, 0.15) is 24.0 Å². The van der Waals surface area contributed by atoms with Crippen molar-refractivity contribution in [3.63, 3.8) is 0 Å². The van der Waals surface area contributed by atoms with Crippen molar-refractivity contribution < 1.29 is 17.9 Å². The van der Waals surface area contributed by atoms with E-state index >= 15 is 0 Å². The molecule has 0 saturated heterocycles. The van der Waals surface area contributed by atoms with Crippen molar-refractivity contribution in [2.75, 3.05) is 7.11 Å². The lowest BCUT2D eigenvalue weighted by Crippen LogP contribution is -2.23. The minimum atomic E-state index is -3.41. The lowest BCUT2D eigenvalue weighted by atomic mass is 10.1. The number of hydrogen-bond donors (Lipinski definition) is 0. The fourth-order valence-electron chi connectivity index (χ4n) is 3.80. The van der Waals surface area contributed by atoms with Gasteiger partial charge < -0.3 is 9.47 Å². The normalized spacial score (nSPS) is 13.7. The van der Waals surface area contributed by atoms with E-state index in [1.54, 1.807) is 31.4 Å². The Kier molecular flexibility index (Phi) is 5.67. The molecule has 0 radical (unpaired) electrons. The van der Waals surface area contributed by atoms with Crippen molar-refractivity contribution in [2.24, 2.45) is 7.05 Å². The summed E-state index contributed by atoms with van der Waals surface area (Å²) >= 11 is 0. The highest BCUT2D eigenvalue weighted by atomic mass is 32.2. The van der Waals surface area contributed by atoms with Crippen LogP contribution < -0.4 is 15.2 Å². The number of methoxy groups -OCH3 is 1. The number of nitrogens with zero attached hydrogens (tertiary/aromatic N) is 6. The SMILES string of the molecule is COc1cccc(-n2nnn(C)c2=O)c1COc1ccc(-c2ccn(S(=O)(=O)C3CC3)n2)cc1C. The molecule has 0 atom stereocenters. The van der Waals surface area contributed by atoms with E-state index in [0.29, 0.717) is 41.3 Å². The van der Waals surface area contributed by atoms with Gasteiger partial charge in [0.2, 0.25) is 0 Å². The third-order valence-corrected chi connectivity index (χ3v) is 7.93. The summed E-state index contributed by atoms with van der Waals surface area (Å²) in [6, 6.07) is 12.5. The molecule has 5 rings (SSSR count). The largest absolute Gasteiger partial charge is 0.496 e. The lowest BCUT2D eigenvalue weighted by molar-refractivity contribution is 0.294. The summed E-state index contributed by atoms with van der Waals surface area (Å²) in [5.74, 6) is 1.18. The quantitative estimate of drug-likeness (QED) is 0.363. The number of rotatable bonds is 8. The Hall–Kier alpha value is -3.93. The maximum Gasteiger partial charge on any atom is 0.368 e. The molecule has 182 valence electrons. The number of aromatic nitrogens is 6. The molecule has 0 amide bonds. The Labute approximate surface area is 201 Å². The summed E-state index contributed by atoms with van der Waals surface area (Å²) < 4.78 is 39.8. The van der Waals surface area contributed by atoms with E-state index in [4.69, 9.17) is 9.47 Å². The van der Waals surface area contributed by atoms with E-state index in [1.165, 1.54) is 17.9 Å². The maximum atomic E-state index is 12.4. The Bertz CT molecular complexity index is 1570. The van der Waals surface area contributed by atoms with Gasteiger partial charge in [-0.3, -0.25) is 0 Å². The first-order valence-corrected chi connectivity index (χ1v) is 12.5. The molecule has 0 N–H and O–H groups in total. The van der Waals surface area contributed by atoms with E-state index in [9.17, 15) is 13.2 Å². The van der Waals surface area contributed by atoms with E-state index in [-0.39, 0.29) is 17.5 Å². The topological polar surface area (TPSA) is 123 Å². The lowest BCUT2D eigenvalue weighted by Gasteiger charge is -2.15. The molecule has 2 aromatic heterocycles. The van der Waals surface area contributed by atoms with Crippen LogP contribution in [0, 0.1) is 6.92 Å². The molecule has 4 aromatic rings. The highest BCUT2D eigenvalue weighted by Crippen LogP contribution is 2.32. The number of aryl methyl sites for hydroxylation is 2. The Morgan fingerprint density at radius 1 is 1.09 bits per heavy atom. The molecule has 35 heavy (non-hydrogen) atoms. The number of hydrogen-bond acceptors (Lipinski definition) is 8. The summed E-state index contributed by atoms with van der Waals surface area (Å²) in [5.41, 5.74) is 2.96. The van der Waals surface area contributed by atoms with E-state index in [2.05, 4.69) is 15.5 Å². The average Bonchev–Trinajstić information content (AvgIpc) is 3.51. The van der Waals surface area contributed by atoms with Crippen molar-refractivity contribution >= 4 is 10.0 Å². The average molecular weight is 497 g/mol. The van der Waals surface area contributed by atoms with Gasteiger partial charge in [0, 0.05) is 18.8 Å². The van der Waals surface area contributed by atoms with E-state index < -0.39 is 10.0 Å². The van der Waals surface area contributed by atoms with E-state index in [1.807, 2.05) is 25.1 Å². The molecule has 12 heteroatoms. The minimum absolute atomic E-state index is 0.122. The summed E-state index contributed by atoms with van der Waals surface area (Å²) in [6.07, 6.45) is 2.85. The molecule has 0 bridgehead atoms. The second kappa shape index (κ2) is 8.69. The summed E-state index contributed by atoms with van der Waals surface area (Å²) in [6.45, 7) is 2.02. The minimum Gasteiger partial charge on any atom is -0.496 e. The van der Waals surface area contributed by atoms with Crippen molar-refractivity contribution in [1.82, 2.24) is 29.0 Å². The van der Waals surface area contributed by atoms with Crippen LogP contribution in [-0.2, 0) is 23.7 Å². The molecule has 2 aromatic carbocycles. The molecule has 0 unspecified atom stereocenters. The zero-order valence-corrected chi connectivity index (χ0v) is 20.3. The second-order valence-corrected chi connectivity index (χ2v) is 10.4. The molecular formula is C23H24N6O5S. The van der Waals surface area contributed by atoms with Gasteiger partial charge in [-0.2, -0.15) is 18.5 Å². The Balaban J connectivity index is 1.40. The molecule has 1 aliphatic rings. The van der Waals surface area contributed by atoms with Crippen LogP contribution in [0.25, 0.3) is 16.9 Å². The molecule has 1 fully saturated rings. The highest BCUT2D eigenvalue weighted by Gasteiger charge is 2.37. The first-order chi connectivity index (χ1) is 16.8. The zero-order chi connectivity index (χ0) is 24.7. The van der Waals surface area contributed by atoms with Crippen molar-refractivity contribution in [3.8, 4) is 28.4 Å². The van der Waals surface area contributed by atoms with Gasteiger partial charge in [0.15, 0.2) is 0 Å². The first kappa shape index (κ1) is 22.8. The molecule has 0 aliphatic heterocycles. The maximum absolute atomic E-state index is 12.4.